The first-order valence-corrected chi connectivity index (χ1v) is 9.12. The van der Waals surface area contributed by atoms with Crippen LogP contribution in [0.15, 0.2) is 54.6 Å². The Bertz CT molecular complexity index is 695. The molecule has 25 heavy (non-hydrogen) atoms. The molecule has 1 aliphatic rings. The van der Waals surface area contributed by atoms with Crippen molar-refractivity contribution in [3.8, 4) is 0 Å². The Hall–Kier alpha value is -2.33. The molecule has 1 amide bonds. The number of piperidine rings is 1. The van der Waals surface area contributed by atoms with Crippen LogP contribution < -0.4 is 16.0 Å². The fraction of sp³-hybridized carbons (Fsp3) is 0.381. The molecule has 3 N–H and O–H groups in total. The van der Waals surface area contributed by atoms with Crippen molar-refractivity contribution in [3.05, 3.63) is 60.2 Å². The third kappa shape index (κ3) is 4.20. The predicted molar refractivity (Wildman–Crippen MR) is 104 cm³/mol. The zero-order valence-electron chi connectivity index (χ0n) is 14.8. The molecule has 2 unspecified atom stereocenters. The first kappa shape index (κ1) is 17.5. The number of anilines is 2. The second kappa shape index (κ2) is 8.17. The minimum absolute atomic E-state index is 0.0409. The number of carbonyl (C=O) groups excluding carboxylic acids is 1. The molecule has 0 aliphatic carbocycles. The highest BCUT2D eigenvalue weighted by Crippen LogP contribution is 2.29. The van der Waals surface area contributed by atoms with E-state index in [0.717, 1.165) is 30.0 Å². The molecule has 0 bridgehead atoms. The minimum atomic E-state index is -0.316. The van der Waals surface area contributed by atoms with Gasteiger partial charge in [-0.15, -0.1) is 0 Å². The SMILES string of the molecule is CC(C(=O)Nc1ccccc1N1CCCCC1)C(N)c1ccccc1. The number of carbonyl (C=O) groups is 1. The predicted octanol–water partition coefficient (Wildman–Crippen LogP) is 3.95. The van der Waals surface area contributed by atoms with Gasteiger partial charge in [-0.25, -0.2) is 0 Å². The highest BCUT2D eigenvalue weighted by molar-refractivity contribution is 5.96. The number of nitrogens with one attached hydrogen (secondary N) is 1. The van der Waals surface area contributed by atoms with Crippen molar-refractivity contribution < 1.29 is 4.79 Å². The molecule has 4 nitrogen and oxygen atoms in total. The van der Waals surface area contributed by atoms with E-state index in [9.17, 15) is 4.79 Å². The van der Waals surface area contributed by atoms with Gasteiger partial charge >= 0.3 is 0 Å². The van der Waals surface area contributed by atoms with Crippen LogP contribution in [0.25, 0.3) is 0 Å². The number of nitrogens with two attached hydrogens (primary N) is 1. The Labute approximate surface area is 150 Å². The minimum Gasteiger partial charge on any atom is -0.370 e. The van der Waals surface area contributed by atoms with Gasteiger partial charge in [0.25, 0.3) is 0 Å². The molecule has 1 fully saturated rings. The Morgan fingerprint density at radius 1 is 1.00 bits per heavy atom. The van der Waals surface area contributed by atoms with Crippen LogP contribution in [0, 0.1) is 5.92 Å². The van der Waals surface area contributed by atoms with E-state index in [1.807, 2.05) is 55.5 Å². The largest absolute Gasteiger partial charge is 0.370 e. The molecule has 2 atom stereocenters. The van der Waals surface area contributed by atoms with E-state index in [-0.39, 0.29) is 17.9 Å². The molecule has 4 heteroatoms. The third-order valence-corrected chi connectivity index (χ3v) is 5.00. The summed E-state index contributed by atoms with van der Waals surface area (Å²) in [5.41, 5.74) is 9.27. The zero-order chi connectivity index (χ0) is 17.6. The molecule has 0 aromatic heterocycles. The van der Waals surface area contributed by atoms with Crippen molar-refractivity contribution in [3.63, 3.8) is 0 Å². The maximum atomic E-state index is 12.8. The lowest BCUT2D eigenvalue weighted by Crippen LogP contribution is -2.33. The molecule has 132 valence electrons. The first-order valence-electron chi connectivity index (χ1n) is 9.12. The van der Waals surface area contributed by atoms with Crippen molar-refractivity contribution >= 4 is 17.3 Å². The average molecular weight is 337 g/mol. The lowest BCUT2D eigenvalue weighted by molar-refractivity contribution is -0.120. The van der Waals surface area contributed by atoms with E-state index < -0.39 is 0 Å². The van der Waals surface area contributed by atoms with E-state index in [1.165, 1.54) is 19.3 Å². The summed E-state index contributed by atoms with van der Waals surface area (Å²) in [6, 6.07) is 17.5. The fourth-order valence-electron chi connectivity index (χ4n) is 3.36. The Balaban J connectivity index is 1.72. The van der Waals surface area contributed by atoms with Crippen LogP contribution in [0.2, 0.25) is 0 Å². The summed E-state index contributed by atoms with van der Waals surface area (Å²) in [6.07, 6.45) is 3.70. The molecule has 1 aliphatic heterocycles. The highest BCUT2D eigenvalue weighted by atomic mass is 16.1. The first-order chi connectivity index (χ1) is 12.2. The normalized spacial score (nSPS) is 17.0. The van der Waals surface area contributed by atoms with Gasteiger partial charge in [-0.1, -0.05) is 49.4 Å². The average Bonchev–Trinajstić information content (AvgIpc) is 2.68. The van der Waals surface area contributed by atoms with Crippen LogP contribution in [-0.2, 0) is 4.79 Å². The van der Waals surface area contributed by atoms with Gasteiger partial charge in [0.15, 0.2) is 0 Å². The molecule has 1 heterocycles. The number of amides is 1. The fourth-order valence-corrected chi connectivity index (χ4v) is 3.36. The van der Waals surface area contributed by atoms with Crippen LogP contribution in [0.5, 0.6) is 0 Å². The van der Waals surface area contributed by atoms with Gasteiger partial charge < -0.3 is 16.0 Å². The maximum Gasteiger partial charge on any atom is 0.229 e. The molecule has 0 spiro atoms. The molecule has 2 aromatic rings. The molecular weight excluding hydrogens is 310 g/mol. The summed E-state index contributed by atoms with van der Waals surface area (Å²) in [4.78, 5) is 15.1. The number of benzene rings is 2. The van der Waals surface area contributed by atoms with Gasteiger partial charge in [-0.2, -0.15) is 0 Å². The van der Waals surface area contributed by atoms with Crippen molar-refractivity contribution in [2.75, 3.05) is 23.3 Å². The van der Waals surface area contributed by atoms with E-state index >= 15 is 0 Å². The van der Waals surface area contributed by atoms with Crippen molar-refractivity contribution in [1.82, 2.24) is 0 Å². The van der Waals surface area contributed by atoms with Crippen LogP contribution in [-0.4, -0.2) is 19.0 Å². The summed E-state index contributed by atoms with van der Waals surface area (Å²) in [5, 5.41) is 3.10. The van der Waals surface area contributed by atoms with Crippen molar-refractivity contribution in [2.24, 2.45) is 11.7 Å². The molecule has 1 saturated heterocycles. The van der Waals surface area contributed by atoms with Crippen LogP contribution >= 0.6 is 0 Å². The number of hydrogen-bond acceptors (Lipinski definition) is 3. The van der Waals surface area contributed by atoms with Gasteiger partial charge in [-0.05, 0) is 37.0 Å². The Kier molecular flexibility index (Phi) is 5.71. The lowest BCUT2D eigenvalue weighted by atomic mass is 9.94. The van der Waals surface area contributed by atoms with Gasteiger partial charge in [0.1, 0.15) is 0 Å². The summed E-state index contributed by atoms with van der Waals surface area (Å²) < 4.78 is 0. The second-order valence-corrected chi connectivity index (χ2v) is 6.78. The van der Waals surface area contributed by atoms with Crippen molar-refractivity contribution in [2.45, 2.75) is 32.2 Å². The quantitative estimate of drug-likeness (QED) is 0.868. The van der Waals surface area contributed by atoms with E-state index in [1.54, 1.807) is 0 Å². The summed E-state index contributed by atoms with van der Waals surface area (Å²) in [7, 11) is 0. The number of para-hydroxylation sites is 2. The van der Waals surface area contributed by atoms with Crippen LogP contribution in [0.4, 0.5) is 11.4 Å². The monoisotopic (exact) mass is 337 g/mol. The maximum absolute atomic E-state index is 12.8. The number of rotatable bonds is 5. The van der Waals surface area contributed by atoms with Gasteiger partial charge in [0.2, 0.25) is 5.91 Å². The number of hydrogen-bond donors (Lipinski definition) is 2. The Morgan fingerprint density at radius 3 is 2.36 bits per heavy atom. The highest BCUT2D eigenvalue weighted by Gasteiger charge is 2.23. The van der Waals surface area contributed by atoms with Gasteiger partial charge in [0.05, 0.1) is 17.3 Å². The van der Waals surface area contributed by atoms with E-state index in [4.69, 9.17) is 5.73 Å². The lowest BCUT2D eigenvalue weighted by Gasteiger charge is -2.31. The van der Waals surface area contributed by atoms with E-state index in [0.29, 0.717) is 0 Å². The third-order valence-electron chi connectivity index (χ3n) is 5.00. The summed E-state index contributed by atoms with van der Waals surface area (Å²) in [6.45, 7) is 3.98. The molecule has 3 rings (SSSR count). The number of nitrogens with zero attached hydrogens (tertiary/aromatic N) is 1. The van der Waals surface area contributed by atoms with Crippen LogP contribution in [0.3, 0.4) is 0 Å². The second-order valence-electron chi connectivity index (χ2n) is 6.78. The van der Waals surface area contributed by atoms with Crippen LogP contribution in [0.1, 0.15) is 37.8 Å². The molecular formula is C21H27N3O. The Morgan fingerprint density at radius 2 is 1.64 bits per heavy atom. The van der Waals surface area contributed by atoms with Gasteiger partial charge in [-0.3, -0.25) is 4.79 Å². The summed E-state index contributed by atoms with van der Waals surface area (Å²) >= 11 is 0. The van der Waals surface area contributed by atoms with Crippen molar-refractivity contribution in [1.29, 1.82) is 0 Å². The smallest absolute Gasteiger partial charge is 0.229 e. The standard InChI is InChI=1S/C21H27N3O/c1-16(20(22)17-10-4-2-5-11-17)21(25)23-18-12-6-7-13-19(18)24-14-8-3-9-15-24/h2,4-7,10-13,16,20H,3,8-9,14-15,22H2,1H3,(H,23,25). The topological polar surface area (TPSA) is 58.4 Å². The summed E-state index contributed by atoms with van der Waals surface area (Å²) in [5.74, 6) is -0.349. The van der Waals surface area contributed by atoms with E-state index in [2.05, 4.69) is 16.3 Å². The molecule has 0 radical (unpaired) electrons. The zero-order valence-corrected chi connectivity index (χ0v) is 14.8. The molecule has 2 aromatic carbocycles. The van der Waals surface area contributed by atoms with Gasteiger partial charge in [0, 0.05) is 19.1 Å². The molecule has 0 saturated carbocycles.